The summed E-state index contributed by atoms with van der Waals surface area (Å²) in [6.45, 7) is 8.74. The number of nitrogens with zero attached hydrogens (tertiary/aromatic N) is 2. The maximum Gasteiger partial charge on any atom is 0.175 e. The molecule has 3 aromatic rings. The first-order valence-corrected chi connectivity index (χ1v) is 10.1. The smallest absolute Gasteiger partial charge is 0.175 e. The number of thiocarbonyl (C=S) groups is 1. The minimum atomic E-state index is 0.542. The van der Waals surface area contributed by atoms with Gasteiger partial charge in [0.1, 0.15) is 0 Å². The molecule has 0 unspecified atom stereocenters. The van der Waals surface area contributed by atoms with Crippen molar-refractivity contribution in [1.82, 2.24) is 9.78 Å². The van der Waals surface area contributed by atoms with E-state index in [2.05, 4.69) is 47.8 Å². The summed E-state index contributed by atoms with van der Waals surface area (Å²) in [5, 5.41) is 11.8. The molecule has 0 fully saturated rings. The number of hydrogen-bond donors (Lipinski definition) is 2. The van der Waals surface area contributed by atoms with Crippen LogP contribution in [0.1, 0.15) is 28.1 Å². The highest BCUT2D eigenvalue weighted by Gasteiger charge is 2.14. The summed E-state index contributed by atoms with van der Waals surface area (Å²) in [4.78, 5) is 0. The van der Waals surface area contributed by atoms with Gasteiger partial charge in [-0.05, 0) is 74.8 Å². The van der Waals surface area contributed by atoms with Gasteiger partial charge in [-0.15, -0.1) is 0 Å². The van der Waals surface area contributed by atoms with E-state index in [1.165, 1.54) is 5.56 Å². The SMILES string of the molecule is COc1ccc(Cn2nc(C)c(NC(=S)Nc3cc(C)ccc3C)c2C)cc1OC. The van der Waals surface area contributed by atoms with Crippen molar-refractivity contribution < 1.29 is 9.47 Å². The highest BCUT2D eigenvalue weighted by atomic mass is 32.1. The minimum Gasteiger partial charge on any atom is -0.493 e. The van der Waals surface area contributed by atoms with Gasteiger partial charge in [0.25, 0.3) is 0 Å². The molecule has 0 aliphatic rings. The molecule has 6 nitrogen and oxygen atoms in total. The molecule has 0 bridgehead atoms. The Morgan fingerprint density at radius 1 is 0.967 bits per heavy atom. The van der Waals surface area contributed by atoms with Gasteiger partial charge in [0.05, 0.1) is 37.8 Å². The van der Waals surface area contributed by atoms with Gasteiger partial charge >= 0.3 is 0 Å². The number of nitrogens with one attached hydrogen (secondary N) is 2. The van der Waals surface area contributed by atoms with Crippen LogP contribution in [0.3, 0.4) is 0 Å². The third-order valence-electron chi connectivity index (χ3n) is 5.04. The Hall–Kier alpha value is -3.06. The van der Waals surface area contributed by atoms with Crippen LogP contribution in [0.5, 0.6) is 11.5 Å². The van der Waals surface area contributed by atoms with Crippen LogP contribution in [0.15, 0.2) is 36.4 Å². The number of anilines is 2. The van der Waals surface area contributed by atoms with E-state index in [0.29, 0.717) is 23.2 Å². The molecule has 3 rings (SSSR count). The van der Waals surface area contributed by atoms with Gasteiger partial charge in [0.15, 0.2) is 16.6 Å². The van der Waals surface area contributed by atoms with Crippen LogP contribution in [-0.4, -0.2) is 29.1 Å². The van der Waals surface area contributed by atoms with E-state index in [9.17, 15) is 0 Å². The van der Waals surface area contributed by atoms with Gasteiger partial charge in [0.2, 0.25) is 0 Å². The number of benzene rings is 2. The Labute approximate surface area is 183 Å². The minimum absolute atomic E-state index is 0.542. The van der Waals surface area contributed by atoms with Gasteiger partial charge in [-0.3, -0.25) is 4.68 Å². The summed E-state index contributed by atoms with van der Waals surface area (Å²) in [6.07, 6.45) is 0. The van der Waals surface area contributed by atoms with Crippen LogP contribution >= 0.6 is 12.2 Å². The molecule has 30 heavy (non-hydrogen) atoms. The first-order valence-electron chi connectivity index (χ1n) is 9.72. The lowest BCUT2D eigenvalue weighted by Crippen LogP contribution is -2.20. The van der Waals surface area contributed by atoms with Crippen LogP contribution in [0.2, 0.25) is 0 Å². The summed E-state index contributed by atoms with van der Waals surface area (Å²) in [7, 11) is 3.27. The molecular formula is C23H28N4O2S. The first-order chi connectivity index (χ1) is 14.3. The van der Waals surface area contributed by atoms with Crippen molar-refractivity contribution in [1.29, 1.82) is 0 Å². The molecule has 2 N–H and O–H groups in total. The third kappa shape index (κ3) is 4.74. The first kappa shape index (κ1) is 21.6. The quantitative estimate of drug-likeness (QED) is 0.544. The van der Waals surface area contributed by atoms with Gasteiger partial charge in [-0.1, -0.05) is 18.2 Å². The fourth-order valence-electron chi connectivity index (χ4n) is 3.32. The number of ether oxygens (including phenoxy) is 2. The van der Waals surface area contributed by atoms with Crippen molar-refractivity contribution in [3.63, 3.8) is 0 Å². The maximum absolute atomic E-state index is 5.55. The van der Waals surface area contributed by atoms with E-state index in [1.807, 2.05) is 36.7 Å². The Morgan fingerprint density at radius 3 is 2.40 bits per heavy atom. The average molecular weight is 425 g/mol. The summed E-state index contributed by atoms with van der Waals surface area (Å²) < 4.78 is 12.7. The van der Waals surface area contributed by atoms with Gasteiger partial charge in [0, 0.05) is 5.69 Å². The molecule has 0 radical (unpaired) electrons. The van der Waals surface area contributed by atoms with Crippen molar-refractivity contribution in [2.24, 2.45) is 0 Å². The fraction of sp³-hybridized carbons (Fsp3) is 0.304. The maximum atomic E-state index is 5.55. The number of hydrogen-bond acceptors (Lipinski definition) is 4. The van der Waals surface area contributed by atoms with Crippen LogP contribution in [0, 0.1) is 27.7 Å². The number of aryl methyl sites for hydroxylation is 3. The van der Waals surface area contributed by atoms with Gasteiger partial charge in [-0.2, -0.15) is 5.10 Å². The van der Waals surface area contributed by atoms with Gasteiger partial charge in [-0.25, -0.2) is 0 Å². The fourth-order valence-corrected chi connectivity index (χ4v) is 3.53. The highest BCUT2D eigenvalue weighted by molar-refractivity contribution is 7.80. The second-order valence-electron chi connectivity index (χ2n) is 7.29. The highest BCUT2D eigenvalue weighted by Crippen LogP contribution is 2.29. The van der Waals surface area contributed by atoms with Crippen LogP contribution < -0.4 is 20.1 Å². The van der Waals surface area contributed by atoms with Crippen molar-refractivity contribution in [3.8, 4) is 11.5 Å². The van der Waals surface area contributed by atoms with E-state index >= 15 is 0 Å². The van der Waals surface area contributed by atoms with Crippen LogP contribution in [0.4, 0.5) is 11.4 Å². The Balaban J connectivity index is 1.77. The summed E-state index contributed by atoms with van der Waals surface area (Å²) in [5.74, 6) is 1.41. The van der Waals surface area contributed by atoms with E-state index in [-0.39, 0.29) is 0 Å². The Bertz CT molecular complexity index is 1080. The molecule has 0 spiro atoms. The summed E-state index contributed by atoms with van der Waals surface area (Å²) in [6, 6.07) is 12.1. The average Bonchev–Trinajstić information content (AvgIpc) is 2.98. The number of methoxy groups -OCH3 is 2. The predicted octanol–water partition coefficient (Wildman–Crippen LogP) is 4.99. The lowest BCUT2D eigenvalue weighted by molar-refractivity contribution is 0.354. The van der Waals surface area contributed by atoms with E-state index in [1.54, 1.807) is 14.2 Å². The van der Waals surface area contributed by atoms with Crippen LogP contribution in [-0.2, 0) is 6.54 Å². The Morgan fingerprint density at radius 2 is 1.70 bits per heavy atom. The second kappa shape index (κ2) is 9.17. The van der Waals surface area contributed by atoms with E-state index in [0.717, 1.165) is 33.9 Å². The normalized spacial score (nSPS) is 10.6. The zero-order chi connectivity index (χ0) is 21.8. The summed E-state index contributed by atoms with van der Waals surface area (Å²) >= 11 is 5.55. The molecule has 0 saturated carbocycles. The van der Waals surface area contributed by atoms with Crippen molar-refractivity contribution in [2.75, 3.05) is 24.9 Å². The van der Waals surface area contributed by atoms with Crippen molar-refractivity contribution in [3.05, 3.63) is 64.5 Å². The number of rotatable bonds is 6. The molecule has 2 aromatic carbocycles. The summed E-state index contributed by atoms with van der Waals surface area (Å²) in [5.41, 5.74) is 7.20. The molecular weight excluding hydrogens is 396 g/mol. The molecule has 0 aliphatic carbocycles. The second-order valence-corrected chi connectivity index (χ2v) is 7.70. The molecule has 0 aliphatic heterocycles. The number of aromatic nitrogens is 2. The molecule has 1 heterocycles. The molecule has 0 amide bonds. The lowest BCUT2D eigenvalue weighted by atomic mass is 10.1. The standard InChI is InChI=1S/C23H28N4O2S/c1-14-7-8-15(2)19(11-14)24-23(30)25-22-16(3)26-27(17(22)4)13-18-9-10-20(28-5)21(12-18)29-6/h7-12H,13H2,1-6H3,(H2,24,25,30). The Kier molecular flexibility index (Phi) is 6.62. The van der Waals surface area contributed by atoms with Crippen LogP contribution in [0.25, 0.3) is 0 Å². The largest absolute Gasteiger partial charge is 0.493 e. The zero-order valence-corrected chi connectivity index (χ0v) is 19.1. The lowest BCUT2D eigenvalue weighted by Gasteiger charge is -2.14. The monoisotopic (exact) mass is 424 g/mol. The molecule has 0 atom stereocenters. The molecule has 1 aromatic heterocycles. The van der Waals surface area contributed by atoms with Gasteiger partial charge < -0.3 is 20.1 Å². The van der Waals surface area contributed by atoms with E-state index < -0.39 is 0 Å². The third-order valence-corrected chi connectivity index (χ3v) is 5.25. The molecule has 0 saturated heterocycles. The molecule has 158 valence electrons. The van der Waals surface area contributed by atoms with E-state index in [4.69, 9.17) is 21.7 Å². The predicted molar refractivity (Wildman–Crippen MR) is 126 cm³/mol. The zero-order valence-electron chi connectivity index (χ0n) is 18.3. The van der Waals surface area contributed by atoms with Crippen molar-refractivity contribution >= 4 is 28.7 Å². The topological polar surface area (TPSA) is 60.3 Å². The molecule has 7 heteroatoms. The van der Waals surface area contributed by atoms with Crippen molar-refractivity contribution in [2.45, 2.75) is 34.2 Å².